The molecule has 2 nitrogen and oxygen atoms in total. The van der Waals surface area contributed by atoms with Crippen LogP contribution >= 0.6 is 21.6 Å². The van der Waals surface area contributed by atoms with Gasteiger partial charge in [0.15, 0.2) is 0 Å². The van der Waals surface area contributed by atoms with Crippen LogP contribution < -0.4 is 34.7 Å². The molecule has 0 unspecified atom stereocenters. The second-order valence-corrected chi connectivity index (χ2v) is 4.47. The molecule has 0 atom stereocenters. The van der Waals surface area contributed by atoms with Crippen LogP contribution in [0.3, 0.4) is 0 Å². The first kappa shape index (κ1) is 13.4. The van der Waals surface area contributed by atoms with Crippen LogP contribution in [0.4, 0.5) is 0 Å². The molecule has 0 radical (unpaired) electrons. The van der Waals surface area contributed by atoms with E-state index in [1.807, 2.05) is 12.3 Å². The van der Waals surface area contributed by atoms with Crippen molar-refractivity contribution >= 4 is 27.6 Å². The van der Waals surface area contributed by atoms with E-state index in [1.165, 1.54) is 21.6 Å². The SMILES string of the molecule is CSSc1ccccc1C(=O)[O-].[Na+]. The summed E-state index contributed by atoms with van der Waals surface area (Å²) in [4.78, 5) is 11.3. The van der Waals surface area contributed by atoms with Crippen LogP contribution in [-0.4, -0.2) is 12.2 Å². The molecule has 64 valence electrons. The second kappa shape index (κ2) is 6.79. The third kappa shape index (κ3) is 3.95. The number of benzene rings is 1. The first-order valence-corrected chi connectivity index (χ1v) is 5.82. The Bertz CT molecular complexity index is 291. The standard InChI is InChI=1S/C8H8O2S2.Na/c1-11-12-7-5-3-2-4-6(7)8(9)10;/h2-5H,1H3,(H,9,10);/q;+1/p-1. The van der Waals surface area contributed by atoms with Gasteiger partial charge in [0.1, 0.15) is 0 Å². The molecule has 0 saturated carbocycles. The van der Waals surface area contributed by atoms with Crippen molar-refractivity contribution in [3.63, 3.8) is 0 Å². The van der Waals surface area contributed by atoms with Gasteiger partial charge in [-0.15, -0.1) is 0 Å². The van der Waals surface area contributed by atoms with Gasteiger partial charge in [-0.05, 0) is 12.3 Å². The summed E-state index contributed by atoms with van der Waals surface area (Å²) >= 11 is 0. The Morgan fingerprint density at radius 3 is 2.54 bits per heavy atom. The average Bonchev–Trinajstić information content (AvgIpc) is 2.05. The summed E-state index contributed by atoms with van der Waals surface area (Å²) in [6.45, 7) is 0. The molecule has 1 aromatic carbocycles. The van der Waals surface area contributed by atoms with Gasteiger partial charge in [0.25, 0.3) is 0 Å². The molecule has 0 bridgehead atoms. The first-order chi connectivity index (χ1) is 5.75. The fourth-order valence-corrected chi connectivity index (χ4v) is 2.33. The molecule has 0 heterocycles. The third-order valence-corrected chi connectivity index (χ3v) is 3.02. The Kier molecular flexibility index (Phi) is 6.99. The number of carbonyl (C=O) groups is 1. The molecule has 0 N–H and O–H groups in total. The zero-order valence-corrected chi connectivity index (χ0v) is 11.1. The molecule has 1 rings (SSSR count). The van der Waals surface area contributed by atoms with Gasteiger partial charge < -0.3 is 9.90 Å². The van der Waals surface area contributed by atoms with Crippen molar-refractivity contribution in [1.82, 2.24) is 0 Å². The van der Waals surface area contributed by atoms with Gasteiger partial charge in [0.2, 0.25) is 0 Å². The fraction of sp³-hybridized carbons (Fsp3) is 0.125. The van der Waals surface area contributed by atoms with Crippen LogP contribution in [0.25, 0.3) is 0 Å². The van der Waals surface area contributed by atoms with E-state index in [2.05, 4.69) is 0 Å². The molecule has 0 spiro atoms. The molecule has 13 heavy (non-hydrogen) atoms. The maximum atomic E-state index is 10.6. The van der Waals surface area contributed by atoms with Crippen molar-refractivity contribution in [1.29, 1.82) is 0 Å². The minimum Gasteiger partial charge on any atom is -0.545 e. The maximum Gasteiger partial charge on any atom is 1.00 e. The monoisotopic (exact) mass is 222 g/mol. The van der Waals surface area contributed by atoms with E-state index in [1.54, 1.807) is 18.2 Å². The van der Waals surface area contributed by atoms with E-state index >= 15 is 0 Å². The van der Waals surface area contributed by atoms with Crippen molar-refractivity contribution in [2.45, 2.75) is 4.90 Å². The van der Waals surface area contributed by atoms with Crippen LogP contribution in [-0.2, 0) is 0 Å². The number of aromatic carboxylic acids is 1. The Balaban J connectivity index is 0.00000144. The summed E-state index contributed by atoms with van der Waals surface area (Å²) < 4.78 is 0. The minimum absolute atomic E-state index is 0. The predicted octanol–water partition coefficient (Wildman–Crippen LogP) is -1.58. The molecule has 0 fully saturated rings. The Hall–Kier alpha value is 0.390. The topological polar surface area (TPSA) is 40.1 Å². The van der Waals surface area contributed by atoms with E-state index in [-0.39, 0.29) is 35.1 Å². The van der Waals surface area contributed by atoms with Gasteiger partial charge in [-0.1, -0.05) is 39.8 Å². The van der Waals surface area contributed by atoms with E-state index in [4.69, 9.17) is 0 Å². The number of carboxylic acids is 1. The maximum absolute atomic E-state index is 10.6. The molecule has 5 heteroatoms. The third-order valence-electron chi connectivity index (χ3n) is 1.28. The van der Waals surface area contributed by atoms with E-state index < -0.39 is 5.97 Å². The summed E-state index contributed by atoms with van der Waals surface area (Å²) in [5.74, 6) is -1.12. The van der Waals surface area contributed by atoms with Crippen molar-refractivity contribution in [2.75, 3.05) is 6.26 Å². The van der Waals surface area contributed by atoms with Crippen LogP contribution in [0.5, 0.6) is 0 Å². The van der Waals surface area contributed by atoms with Gasteiger partial charge in [-0.2, -0.15) is 0 Å². The van der Waals surface area contributed by atoms with Gasteiger partial charge in [-0.25, -0.2) is 0 Å². The number of carbonyl (C=O) groups excluding carboxylic acids is 1. The quantitative estimate of drug-likeness (QED) is 0.457. The fourth-order valence-electron chi connectivity index (χ4n) is 0.798. The molecule has 0 aliphatic rings. The Morgan fingerprint density at radius 2 is 2.00 bits per heavy atom. The number of hydrogen-bond acceptors (Lipinski definition) is 4. The van der Waals surface area contributed by atoms with Gasteiger partial charge in [0, 0.05) is 10.5 Å². The van der Waals surface area contributed by atoms with Crippen LogP contribution in [0, 0.1) is 0 Å². The van der Waals surface area contributed by atoms with Gasteiger partial charge >= 0.3 is 29.6 Å². The Labute approximate surface area is 107 Å². The van der Waals surface area contributed by atoms with Gasteiger partial charge in [-0.3, -0.25) is 0 Å². The normalized spacial score (nSPS) is 9.00. The second-order valence-electron chi connectivity index (χ2n) is 2.03. The zero-order valence-electron chi connectivity index (χ0n) is 7.44. The molecule has 0 saturated heterocycles. The van der Waals surface area contributed by atoms with Crippen LogP contribution in [0.2, 0.25) is 0 Å². The van der Waals surface area contributed by atoms with Gasteiger partial charge in [0.05, 0.1) is 5.97 Å². The number of hydrogen-bond donors (Lipinski definition) is 0. The van der Waals surface area contributed by atoms with Crippen molar-refractivity contribution in [3.05, 3.63) is 29.8 Å². The molecular weight excluding hydrogens is 215 g/mol. The molecule has 0 aliphatic heterocycles. The van der Waals surface area contributed by atoms with E-state index in [0.717, 1.165) is 4.90 Å². The summed E-state index contributed by atoms with van der Waals surface area (Å²) in [5.41, 5.74) is 0.261. The summed E-state index contributed by atoms with van der Waals surface area (Å²) in [6.07, 6.45) is 1.90. The van der Waals surface area contributed by atoms with Crippen molar-refractivity contribution < 1.29 is 39.5 Å². The minimum atomic E-state index is -1.12. The van der Waals surface area contributed by atoms with Crippen LogP contribution in [0.15, 0.2) is 29.2 Å². The average molecular weight is 222 g/mol. The summed E-state index contributed by atoms with van der Waals surface area (Å²) in [7, 11) is 2.94. The largest absolute Gasteiger partial charge is 1.00 e. The molecular formula is C8H7NaO2S2. The number of carboxylic acid groups (broad SMARTS) is 1. The molecule has 0 aliphatic carbocycles. The van der Waals surface area contributed by atoms with Crippen molar-refractivity contribution in [2.24, 2.45) is 0 Å². The van der Waals surface area contributed by atoms with E-state index in [9.17, 15) is 9.90 Å². The predicted molar refractivity (Wildman–Crippen MR) is 50.1 cm³/mol. The molecule has 1 aromatic rings. The smallest absolute Gasteiger partial charge is 0.545 e. The summed E-state index contributed by atoms with van der Waals surface area (Å²) in [5, 5.41) is 10.6. The molecule has 0 amide bonds. The Morgan fingerprint density at radius 1 is 1.38 bits per heavy atom. The molecule has 0 aromatic heterocycles. The zero-order chi connectivity index (χ0) is 8.97. The van der Waals surface area contributed by atoms with Crippen molar-refractivity contribution in [3.8, 4) is 0 Å². The number of rotatable bonds is 3. The summed E-state index contributed by atoms with van der Waals surface area (Å²) in [6, 6.07) is 6.82. The first-order valence-electron chi connectivity index (χ1n) is 3.26. The van der Waals surface area contributed by atoms with E-state index in [0.29, 0.717) is 0 Å². The van der Waals surface area contributed by atoms with Crippen LogP contribution in [0.1, 0.15) is 10.4 Å².